The monoisotopic (exact) mass is 285 g/mol. The molecule has 1 aromatic carbocycles. The van der Waals surface area contributed by atoms with Crippen LogP contribution in [0.3, 0.4) is 0 Å². The average molecular weight is 285 g/mol. The summed E-state index contributed by atoms with van der Waals surface area (Å²) in [5, 5.41) is 14.2. The van der Waals surface area contributed by atoms with Gasteiger partial charge >= 0.3 is 0 Å². The lowest BCUT2D eigenvalue weighted by Crippen LogP contribution is -2.55. The lowest BCUT2D eigenvalue weighted by atomic mass is 9.97. The van der Waals surface area contributed by atoms with Gasteiger partial charge in [-0.2, -0.15) is 0 Å². The van der Waals surface area contributed by atoms with E-state index in [-0.39, 0.29) is 12.3 Å². The molecule has 0 aliphatic rings. The summed E-state index contributed by atoms with van der Waals surface area (Å²) in [4.78, 5) is 11.9. The van der Waals surface area contributed by atoms with Crippen LogP contribution in [0.2, 0.25) is 0 Å². The first-order chi connectivity index (χ1) is 9.32. The molecule has 1 amide bonds. The number of nitrogens with zero attached hydrogens (tertiary/aromatic N) is 1. The maximum atomic E-state index is 13.0. The van der Waals surface area contributed by atoms with Crippen molar-refractivity contribution in [3.05, 3.63) is 35.4 Å². The number of hydrogen-bond donors (Lipinski definition) is 3. The van der Waals surface area contributed by atoms with Gasteiger partial charge in [0.25, 0.3) is 0 Å². The Balaban J connectivity index is 2.79. The van der Waals surface area contributed by atoms with Crippen LogP contribution in [0, 0.1) is 11.6 Å². The molecule has 5 nitrogen and oxygen atoms in total. The van der Waals surface area contributed by atoms with Crippen molar-refractivity contribution in [2.24, 2.45) is 10.9 Å². The predicted octanol–water partition coefficient (Wildman–Crippen LogP) is 1.54. The summed E-state index contributed by atoms with van der Waals surface area (Å²) in [5.74, 6) is -2.54. The van der Waals surface area contributed by atoms with Gasteiger partial charge in [0, 0.05) is 0 Å². The van der Waals surface area contributed by atoms with Gasteiger partial charge in [0.15, 0.2) is 17.5 Å². The SMILES string of the molecule is CCC(C)(NC(=O)Cc1ccc(F)c(F)c1)/C(N)=N/O. The van der Waals surface area contributed by atoms with Gasteiger partial charge < -0.3 is 16.3 Å². The van der Waals surface area contributed by atoms with Gasteiger partial charge in [-0.15, -0.1) is 0 Å². The third-order valence-corrected chi connectivity index (χ3v) is 3.14. The van der Waals surface area contributed by atoms with Crippen molar-refractivity contribution in [1.82, 2.24) is 5.32 Å². The highest BCUT2D eigenvalue weighted by molar-refractivity contribution is 5.93. The van der Waals surface area contributed by atoms with Gasteiger partial charge in [-0.3, -0.25) is 4.79 Å². The van der Waals surface area contributed by atoms with E-state index >= 15 is 0 Å². The number of nitrogens with two attached hydrogens (primary N) is 1. The molecular weight excluding hydrogens is 268 g/mol. The van der Waals surface area contributed by atoms with Crippen LogP contribution in [-0.2, 0) is 11.2 Å². The maximum Gasteiger partial charge on any atom is 0.225 e. The molecule has 0 aromatic heterocycles. The Hall–Kier alpha value is -2.18. The zero-order chi connectivity index (χ0) is 15.3. The second-order valence-electron chi connectivity index (χ2n) is 4.64. The molecule has 4 N–H and O–H groups in total. The standard InChI is InChI=1S/C13H17F2N3O2/c1-3-13(2,12(16)18-20)17-11(19)7-8-4-5-9(14)10(15)6-8/h4-6,20H,3,7H2,1-2H3,(H2,16,18)(H,17,19). The molecule has 0 spiro atoms. The summed E-state index contributed by atoms with van der Waals surface area (Å²) in [5.41, 5.74) is 4.86. The van der Waals surface area contributed by atoms with Crippen LogP contribution < -0.4 is 11.1 Å². The van der Waals surface area contributed by atoms with Gasteiger partial charge in [0.2, 0.25) is 5.91 Å². The van der Waals surface area contributed by atoms with Crippen LogP contribution in [0.5, 0.6) is 0 Å². The minimum atomic E-state index is -1.01. The van der Waals surface area contributed by atoms with Crippen LogP contribution in [0.15, 0.2) is 23.4 Å². The molecule has 0 bridgehead atoms. The molecule has 20 heavy (non-hydrogen) atoms. The fraction of sp³-hybridized carbons (Fsp3) is 0.385. The van der Waals surface area contributed by atoms with E-state index in [4.69, 9.17) is 10.9 Å². The van der Waals surface area contributed by atoms with Crippen LogP contribution >= 0.6 is 0 Å². The predicted molar refractivity (Wildman–Crippen MR) is 70.3 cm³/mol. The molecule has 0 heterocycles. The Labute approximate surface area is 115 Å². The summed E-state index contributed by atoms with van der Waals surface area (Å²) in [7, 11) is 0. The van der Waals surface area contributed by atoms with Gasteiger partial charge in [-0.05, 0) is 31.0 Å². The van der Waals surface area contributed by atoms with Crippen molar-refractivity contribution in [3.8, 4) is 0 Å². The minimum Gasteiger partial charge on any atom is -0.409 e. The van der Waals surface area contributed by atoms with Crippen molar-refractivity contribution in [1.29, 1.82) is 0 Å². The first-order valence-electron chi connectivity index (χ1n) is 6.05. The zero-order valence-electron chi connectivity index (χ0n) is 11.3. The van der Waals surface area contributed by atoms with E-state index in [0.29, 0.717) is 12.0 Å². The van der Waals surface area contributed by atoms with Crippen LogP contribution in [-0.4, -0.2) is 22.5 Å². The highest BCUT2D eigenvalue weighted by Crippen LogP contribution is 2.12. The molecule has 0 aliphatic heterocycles. The largest absolute Gasteiger partial charge is 0.409 e. The fourth-order valence-corrected chi connectivity index (χ4v) is 1.63. The highest BCUT2D eigenvalue weighted by atomic mass is 19.2. The van der Waals surface area contributed by atoms with Gasteiger partial charge in [-0.25, -0.2) is 8.78 Å². The van der Waals surface area contributed by atoms with E-state index < -0.39 is 23.1 Å². The number of carbonyl (C=O) groups is 1. The van der Waals surface area contributed by atoms with E-state index in [1.165, 1.54) is 6.07 Å². The molecule has 0 saturated heterocycles. The third-order valence-electron chi connectivity index (χ3n) is 3.14. The molecule has 0 radical (unpaired) electrons. The average Bonchev–Trinajstić information content (AvgIpc) is 2.41. The number of carbonyl (C=O) groups excluding carboxylic acids is 1. The van der Waals surface area contributed by atoms with E-state index in [1.54, 1.807) is 13.8 Å². The van der Waals surface area contributed by atoms with Crippen molar-refractivity contribution in [2.75, 3.05) is 0 Å². The Morgan fingerprint density at radius 3 is 2.60 bits per heavy atom. The summed E-state index contributed by atoms with van der Waals surface area (Å²) in [6.45, 7) is 3.36. The Morgan fingerprint density at radius 2 is 2.10 bits per heavy atom. The first kappa shape index (κ1) is 15.9. The number of amidine groups is 1. The normalized spacial score (nSPS) is 14.7. The lowest BCUT2D eigenvalue weighted by molar-refractivity contribution is -0.121. The first-order valence-corrected chi connectivity index (χ1v) is 6.05. The van der Waals surface area contributed by atoms with Gasteiger partial charge in [0.05, 0.1) is 12.0 Å². The quantitative estimate of drug-likeness (QED) is 0.332. The van der Waals surface area contributed by atoms with E-state index in [0.717, 1.165) is 12.1 Å². The van der Waals surface area contributed by atoms with E-state index in [9.17, 15) is 13.6 Å². The molecule has 7 heteroatoms. The molecule has 0 aliphatic carbocycles. The second-order valence-corrected chi connectivity index (χ2v) is 4.64. The molecule has 1 rings (SSSR count). The van der Waals surface area contributed by atoms with Crippen LogP contribution in [0.1, 0.15) is 25.8 Å². The van der Waals surface area contributed by atoms with Crippen molar-refractivity contribution in [2.45, 2.75) is 32.2 Å². The van der Waals surface area contributed by atoms with Crippen molar-refractivity contribution in [3.63, 3.8) is 0 Å². The number of rotatable bonds is 5. The van der Waals surface area contributed by atoms with Crippen LogP contribution in [0.25, 0.3) is 0 Å². The summed E-state index contributed by atoms with van der Waals surface area (Å²) in [6, 6.07) is 3.24. The summed E-state index contributed by atoms with van der Waals surface area (Å²) >= 11 is 0. The summed E-state index contributed by atoms with van der Waals surface area (Å²) in [6.07, 6.45) is 0.276. The summed E-state index contributed by atoms with van der Waals surface area (Å²) < 4.78 is 25.8. The molecule has 1 unspecified atom stereocenters. The number of oxime groups is 1. The zero-order valence-corrected chi connectivity index (χ0v) is 11.3. The highest BCUT2D eigenvalue weighted by Gasteiger charge is 2.29. The minimum absolute atomic E-state index is 0.126. The molecule has 110 valence electrons. The Kier molecular flexibility index (Phi) is 5.01. The van der Waals surface area contributed by atoms with Crippen molar-refractivity contribution < 1.29 is 18.8 Å². The molecule has 1 aromatic rings. The van der Waals surface area contributed by atoms with Crippen molar-refractivity contribution >= 4 is 11.7 Å². The molecule has 0 fully saturated rings. The Bertz CT molecular complexity index is 534. The maximum absolute atomic E-state index is 13.0. The Morgan fingerprint density at radius 1 is 1.45 bits per heavy atom. The fourth-order valence-electron chi connectivity index (χ4n) is 1.63. The van der Waals surface area contributed by atoms with Gasteiger partial charge in [-0.1, -0.05) is 18.1 Å². The lowest BCUT2D eigenvalue weighted by Gasteiger charge is -2.28. The number of halogens is 2. The smallest absolute Gasteiger partial charge is 0.225 e. The number of benzene rings is 1. The van der Waals surface area contributed by atoms with Gasteiger partial charge in [0.1, 0.15) is 0 Å². The molecular formula is C13H17F2N3O2. The van der Waals surface area contributed by atoms with E-state index in [2.05, 4.69) is 10.5 Å². The second kappa shape index (κ2) is 6.31. The number of amides is 1. The number of nitrogens with one attached hydrogen (secondary N) is 1. The third kappa shape index (κ3) is 3.66. The molecule has 1 atom stereocenters. The topological polar surface area (TPSA) is 87.7 Å². The van der Waals surface area contributed by atoms with E-state index in [1.807, 2.05) is 0 Å². The molecule has 0 saturated carbocycles. The van der Waals surface area contributed by atoms with Crippen LogP contribution in [0.4, 0.5) is 8.78 Å². The number of hydrogen-bond acceptors (Lipinski definition) is 3.